The van der Waals surface area contributed by atoms with Crippen molar-refractivity contribution in [3.8, 4) is 5.75 Å². The fourth-order valence-corrected chi connectivity index (χ4v) is 5.35. The van der Waals surface area contributed by atoms with Crippen LogP contribution in [0.5, 0.6) is 5.75 Å². The van der Waals surface area contributed by atoms with Gasteiger partial charge in [0, 0.05) is 34.5 Å². The fraction of sp³-hybridized carbons (Fsp3) is 0.375. The van der Waals surface area contributed by atoms with Crippen molar-refractivity contribution < 1.29 is 19.4 Å². The summed E-state index contributed by atoms with van der Waals surface area (Å²) in [6.45, 7) is 4.06. The molecule has 156 valence electrons. The molecule has 2 heterocycles. The lowest BCUT2D eigenvalue weighted by Crippen LogP contribution is -2.41. The third kappa shape index (κ3) is 3.84. The lowest BCUT2D eigenvalue weighted by atomic mass is 9.67. The van der Waals surface area contributed by atoms with E-state index in [1.54, 1.807) is 36.5 Å². The van der Waals surface area contributed by atoms with Crippen LogP contribution in [0.15, 0.2) is 58.0 Å². The largest absolute Gasteiger partial charge is 0.508 e. The molecule has 0 spiro atoms. The van der Waals surface area contributed by atoms with Crippen LogP contribution in [-0.2, 0) is 14.3 Å². The number of allylic oxidation sites excluding steroid dienone is 1. The number of aliphatic imine (C=N–C) groups is 1. The molecule has 1 saturated carbocycles. The molecule has 2 aliphatic rings. The zero-order valence-electron chi connectivity index (χ0n) is 17.1. The Bertz CT molecular complexity index is 1020. The van der Waals surface area contributed by atoms with Crippen LogP contribution in [0.3, 0.4) is 0 Å². The van der Waals surface area contributed by atoms with Gasteiger partial charge in [-0.05, 0) is 48.9 Å². The first kappa shape index (κ1) is 20.5. The van der Waals surface area contributed by atoms with Crippen LogP contribution < -0.4 is 0 Å². The van der Waals surface area contributed by atoms with Gasteiger partial charge in [-0.3, -0.25) is 9.79 Å². The number of nitrogens with zero attached hydrogens (tertiary/aromatic N) is 1. The Morgan fingerprint density at radius 2 is 2.07 bits per heavy atom. The zero-order chi connectivity index (χ0) is 21.3. The van der Waals surface area contributed by atoms with Gasteiger partial charge in [-0.2, -0.15) is 0 Å². The fourth-order valence-electron chi connectivity index (χ4n) is 4.52. The number of carbonyl (C=O) groups excluding carboxylic acids is 2. The first-order valence-electron chi connectivity index (χ1n) is 10.3. The summed E-state index contributed by atoms with van der Waals surface area (Å²) in [4.78, 5) is 32.3. The molecule has 1 aliphatic carbocycles. The average Bonchev–Trinajstić information content (AvgIpc) is 3.25. The van der Waals surface area contributed by atoms with E-state index in [0.29, 0.717) is 37.1 Å². The number of esters is 1. The Labute approximate surface area is 180 Å². The minimum absolute atomic E-state index is 0.0834. The summed E-state index contributed by atoms with van der Waals surface area (Å²) < 4.78 is 5.44. The summed E-state index contributed by atoms with van der Waals surface area (Å²) in [5.74, 6) is -1.12. The maximum atomic E-state index is 13.4. The first-order chi connectivity index (χ1) is 14.5. The van der Waals surface area contributed by atoms with Crippen LogP contribution in [0.4, 0.5) is 0 Å². The normalized spacial score (nSPS) is 23.7. The molecule has 4 rings (SSSR count). The molecule has 0 bridgehead atoms. The van der Waals surface area contributed by atoms with Crippen LogP contribution in [0.25, 0.3) is 0 Å². The molecule has 0 saturated heterocycles. The zero-order valence-corrected chi connectivity index (χ0v) is 17.9. The van der Waals surface area contributed by atoms with Crippen molar-refractivity contribution >= 4 is 28.8 Å². The van der Waals surface area contributed by atoms with Gasteiger partial charge >= 0.3 is 5.97 Å². The van der Waals surface area contributed by atoms with E-state index in [-0.39, 0.29) is 17.5 Å². The molecule has 0 amide bonds. The molecule has 0 unspecified atom stereocenters. The third-order valence-electron chi connectivity index (χ3n) is 5.79. The second kappa shape index (κ2) is 8.56. The number of ketones is 1. The Kier molecular flexibility index (Phi) is 5.86. The number of ether oxygens (including phenoxy) is 1. The predicted octanol–water partition coefficient (Wildman–Crippen LogP) is 4.98. The van der Waals surface area contributed by atoms with Crippen molar-refractivity contribution in [2.45, 2.75) is 44.9 Å². The van der Waals surface area contributed by atoms with Gasteiger partial charge in [-0.1, -0.05) is 25.1 Å². The summed E-state index contributed by atoms with van der Waals surface area (Å²) in [5.41, 5.74) is 2.57. The minimum Gasteiger partial charge on any atom is -0.508 e. The van der Waals surface area contributed by atoms with Gasteiger partial charge in [0.25, 0.3) is 0 Å². The molecule has 2 aromatic rings. The monoisotopic (exact) mass is 423 g/mol. The molecule has 0 radical (unpaired) electrons. The van der Waals surface area contributed by atoms with E-state index in [1.165, 1.54) is 4.88 Å². The number of aromatic hydroxyl groups is 1. The summed E-state index contributed by atoms with van der Waals surface area (Å²) in [7, 11) is 0. The van der Waals surface area contributed by atoms with Crippen molar-refractivity contribution in [2.24, 2.45) is 10.9 Å². The highest BCUT2D eigenvalue weighted by atomic mass is 32.1. The van der Waals surface area contributed by atoms with Crippen LogP contribution in [-0.4, -0.2) is 29.2 Å². The van der Waals surface area contributed by atoms with Crippen LogP contribution in [0.2, 0.25) is 0 Å². The molecule has 5 nitrogen and oxygen atoms in total. The van der Waals surface area contributed by atoms with Gasteiger partial charge in [0.1, 0.15) is 11.5 Å². The molecule has 1 aliphatic heterocycles. The van der Waals surface area contributed by atoms with Crippen LogP contribution >= 0.6 is 11.3 Å². The number of rotatable bonds is 5. The van der Waals surface area contributed by atoms with E-state index in [2.05, 4.69) is 6.07 Å². The van der Waals surface area contributed by atoms with Gasteiger partial charge in [-0.25, -0.2) is 4.79 Å². The third-order valence-corrected chi connectivity index (χ3v) is 6.82. The number of Topliss-reactive ketones (excluding diaryl/α,β-unsaturated/α-hetero) is 1. The predicted molar refractivity (Wildman–Crippen MR) is 117 cm³/mol. The molecule has 1 N–H and O–H groups in total. The second-order valence-corrected chi connectivity index (χ2v) is 8.85. The number of carbonyl (C=O) groups is 2. The topological polar surface area (TPSA) is 76.0 Å². The Balaban J connectivity index is 1.79. The van der Waals surface area contributed by atoms with Crippen molar-refractivity contribution in [2.75, 3.05) is 6.61 Å². The van der Waals surface area contributed by atoms with Gasteiger partial charge < -0.3 is 9.84 Å². The van der Waals surface area contributed by atoms with E-state index >= 15 is 0 Å². The SMILES string of the molecule is CCCOC(=O)C1=C(C)N=C2C[C@H](c3cccs3)CC(=O)[C@H]2[C@@H]1c1cccc(O)c1. The number of phenolic OH excluding ortho intramolecular Hbond substituents is 1. The highest BCUT2D eigenvalue weighted by molar-refractivity contribution is 7.10. The molecule has 3 atom stereocenters. The maximum Gasteiger partial charge on any atom is 0.336 e. The lowest BCUT2D eigenvalue weighted by Gasteiger charge is -2.38. The average molecular weight is 424 g/mol. The Hall–Kier alpha value is -2.73. The van der Waals surface area contributed by atoms with E-state index in [9.17, 15) is 14.7 Å². The van der Waals surface area contributed by atoms with Gasteiger partial charge in [-0.15, -0.1) is 11.3 Å². The van der Waals surface area contributed by atoms with Crippen LogP contribution in [0, 0.1) is 5.92 Å². The van der Waals surface area contributed by atoms with E-state index in [4.69, 9.17) is 9.73 Å². The van der Waals surface area contributed by atoms with Crippen molar-refractivity contribution in [3.63, 3.8) is 0 Å². The molecule has 1 fully saturated rings. The Morgan fingerprint density at radius 1 is 1.23 bits per heavy atom. The number of hydrogen-bond donors (Lipinski definition) is 1. The number of phenols is 1. The molecule has 1 aromatic heterocycles. The van der Waals surface area contributed by atoms with E-state index in [0.717, 1.165) is 11.3 Å². The maximum absolute atomic E-state index is 13.4. The highest BCUT2D eigenvalue weighted by Gasteiger charge is 2.46. The number of benzene rings is 1. The summed E-state index contributed by atoms with van der Waals surface area (Å²) in [5, 5.41) is 12.1. The lowest BCUT2D eigenvalue weighted by molar-refractivity contribution is -0.139. The standard InChI is InChI=1S/C24H25NO4S/c1-3-9-29-24(28)21-14(2)25-18-12-16(20-8-5-10-30-20)13-19(27)23(18)22(21)15-6-4-7-17(26)11-15/h4-8,10-11,16,22-23,26H,3,9,12-13H2,1-2H3/t16-,22+,23-/m0/s1. The number of thiophene rings is 1. The van der Waals surface area contributed by atoms with Gasteiger partial charge in [0.15, 0.2) is 0 Å². The molecule has 30 heavy (non-hydrogen) atoms. The quantitative estimate of drug-likeness (QED) is 0.688. The minimum atomic E-state index is -0.504. The molecular formula is C24H25NO4S. The molecule has 6 heteroatoms. The van der Waals surface area contributed by atoms with E-state index < -0.39 is 17.8 Å². The van der Waals surface area contributed by atoms with Crippen LogP contribution in [0.1, 0.15) is 55.4 Å². The summed E-state index contributed by atoms with van der Waals surface area (Å²) in [6, 6.07) is 10.9. The summed E-state index contributed by atoms with van der Waals surface area (Å²) in [6.07, 6.45) is 1.84. The molecule has 1 aromatic carbocycles. The second-order valence-electron chi connectivity index (χ2n) is 7.88. The van der Waals surface area contributed by atoms with Gasteiger partial charge in [0.05, 0.1) is 18.1 Å². The Morgan fingerprint density at radius 3 is 2.77 bits per heavy atom. The number of hydrogen-bond acceptors (Lipinski definition) is 6. The highest BCUT2D eigenvalue weighted by Crippen LogP contribution is 2.46. The van der Waals surface area contributed by atoms with E-state index in [1.807, 2.05) is 24.4 Å². The molecular weight excluding hydrogens is 398 g/mol. The smallest absolute Gasteiger partial charge is 0.336 e. The van der Waals surface area contributed by atoms with Crippen molar-refractivity contribution in [1.82, 2.24) is 0 Å². The number of fused-ring (bicyclic) bond motifs is 1. The van der Waals surface area contributed by atoms with Gasteiger partial charge in [0.2, 0.25) is 0 Å². The summed E-state index contributed by atoms with van der Waals surface area (Å²) >= 11 is 1.66. The first-order valence-corrected chi connectivity index (χ1v) is 11.2. The van der Waals surface area contributed by atoms with Crippen molar-refractivity contribution in [1.29, 1.82) is 0 Å². The van der Waals surface area contributed by atoms with Crippen molar-refractivity contribution in [3.05, 3.63) is 63.5 Å².